The second-order valence-corrected chi connectivity index (χ2v) is 6.04. The summed E-state index contributed by atoms with van der Waals surface area (Å²) in [6.45, 7) is 2.49. The zero-order valence-corrected chi connectivity index (χ0v) is 10.9. The van der Waals surface area contributed by atoms with Crippen molar-refractivity contribution in [3.63, 3.8) is 0 Å². The van der Waals surface area contributed by atoms with Crippen LogP contribution in [-0.4, -0.2) is 13.1 Å². The van der Waals surface area contributed by atoms with Gasteiger partial charge in [0.2, 0.25) is 0 Å². The molecule has 1 N–H and O–H groups in total. The van der Waals surface area contributed by atoms with Gasteiger partial charge < -0.3 is 5.32 Å². The lowest BCUT2D eigenvalue weighted by Gasteiger charge is -2.33. The second-order valence-electron chi connectivity index (χ2n) is 5.60. The molecular formula is C15H20ClN. The molecule has 0 amide bonds. The molecule has 0 spiro atoms. The Kier molecular flexibility index (Phi) is 3.39. The van der Waals surface area contributed by atoms with Gasteiger partial charge in [0.05, 0.1) is 0 Å². The van der Waals surface area contributed by atoms with E-state index in [1.165, 1.54) is 44.3 Å². The van der Waals surface area contributed by atoms with E-state index in [4.69, 9.17) is 11.6 Å². The first kappa shape index (κ1) is 11.6. The van der Waals surface area contributed by atoms with E-state index < -0.39 is 0 Å². The van der Waals surface area contributed by atoms with Gasteiger partial charge in [0.25, 0.3) is 0 Å². The van der Waals surface area contributed by atoms with E-state index in [1.807, 2.05) is 12.1 Å². The van der Waals surface area contributed by atoms with Gasteiger partial charge in [-0.2, -0.15) is 0 Å². The van der Waals surface area contributed by atoms with Crippen LogP contribution in [0.5, 0.6) is 0 Å². The smallest absolute Gasteiger partial charge is 0.0406 e. The van der Waals surface area contributed by atoms with Crippen LogP contribution in [0.15, 0.2) is 24.3 Å². The molecule has 1 saturated carbocycles. The molecule has 1 aromatic rings. The first-order valence-electron chi connectivity index (χ1n) is 6.78. The van der Waals surface area contributed by atoms with Crippen molar-refractivity contribution in [1.82, 2.24) is 5.32 Å². The Balaban J connectivity index is 1.69. The number of halogens is 1. The summed E-state index contributed by atoms with van der Waals surface area (Å²) in [6, 6.07) is 8.41. The van der Waals surface area contributed by atoms with Crippen LogP contribution in [0.3, 0.4) is 0 Å². The Bertz CT molecular complexity index is 373. The van der Waals surface area contributed by atoms with Crippen molar-refractivity contribution in [3.05, 3.63) is 34.9 Å². The first-order chi connectivity index (χ1) is 8.33. The van der Waals surface area contributed by atoms with Gasteiger partial charge in [-0.05, 0) is 67.8 Å². The molecular weight excluding hydrogens is 230 g/mol. The van der Waals surface area contributed by atoms with Crippen molar-refractivity contribution in [3.8, 4) is 0 Å². The van der Waals surface area contributed by atoms with E-state index in [-0.39, 0.29) is 0 Å². The quantitative estimate of drug-likeness (QED) is 0.846. The molecule has 0 aromatic heterocycles. The molecule has 1 aromatic carbocycles. The van der Waals surface area contributed by atoms with E-state index >= 15 is 0 Å². The second kappa shape index (κ2) is 4.99. The lowest BCUT2D eigenvalue weighted by atomic mass is 9.72. The fourth-order valence-corrected chi connectivity index (χ4v) is 3.78. The Morgan fingerprint density at radius 3 is 2.76 bits per heavy atom. The minimum atomic E-state index is 0.845. The maximum absolute atomic E-state index is 5.93. The highest BCUT2D eigenvalue weighted by molar-refractivity contribution is 6.30. The van der Waals surface area contributed by atoms with Gasteiger partial charge in [-0.25, -0.2) is 0 Å². The van der Waals surface area contributed by atoms with Gasteiger partial charge in [-0.15, -0.1) is 0 Å². The summed E-state index contributed by atoms with van der Waals surface area (Å²) in [4.78, 5) is 0. The number of hydrogen-bond acceptors (Lipinski definition) is 1. The highest BCUT2D eigenvalue weighted by Crippen LogP contribution is 2.38. The molecule has 2 heteroatoms. The van der Waals surface area contributed by atoms with Crippen molar-refractivity contribution < 1.29 is 0 Å². The summed E-state index contributed by atoms with van der Waals surface area (Å²) in [7, 11) is 0. The Morgan fingerprint density at radius 2 is 1.94 bits per heavy atom. The molecule has 1 nitrogen and oxygen atoms in total. The molecule has 0 bridgehead atoms. The van der Waals surface area contributed by atoms with Crippen LogP contribution in [0.2, 0.25) is 5.02 Å². The van der Waals surface area contributed by atoms with Crippen LogP contribution < -0.4 is 5.32 Å². The monoisotopic (exact) mass is 249 g/mol. The summed E-state index contributed by atoms with van der Waals surface area (Å²) in [5.74, 6) is 2.74. The zero-order valence-electron chi connectivity index (χ0n) is 10.2. The van der Waals surface area contributed by atoms with Gasteiger partial charge in [-0.3, -0.25) is 0 Å². The number of fused-ring (bicyclic) bond motifs is 1. The third kappa shape index (κ3) is 2.51. The lowest BCUT2D eigenvalue weighted by molar-refractivity contribution is 0.198. The van der Waals surface area contributed by atoms with E-state index in [0.717, 1.165) is 22.8 Å². The highest BCUT2D eigenvalue weighted by Gasteiger charge is 2.36. The molecule has 17 heavy (non-hydrogen) atoms. The van der Waals surface area contributed by atoms with E-state index in [9.17, 15) is 0 Å². The molecule has 1 saturated heterocycles. The standard InChI is InChI=1S/C15H20ClN/c16-14-6-4-11(5-7-14)8-12-2-1-3-13-9-17-10-15(12)13/h4-7,12-13,15,17H,1-3,8-10H2. The molecule has 2 aliphatic rings. The Labute approximate surface area is 109 Å². The van der Waals surface area contributed by atoms with Crippen LogP contribution >= 0.6 is 11.6 Å². The fraction of sp³-hybridized carbons (Fsp3) is 0.600. The van der Waals surface area contributed by atoms with Crippen LogP contribution in [0.25, 0.3) is 0 Å². The van der Waals surface area contributed by atoms with Crippen LogP contribution in [0, 0.1) is 17.8 Å². The molecule has 1 heterocycles. The molecule has 0 radical (unpaired) electrons. The SMILES string of the molecule is Clc1ccc(CC2CCCC3CNCC32)cc1. The Morgan fingerprint density at radius 1 is 1.12 bits per heavy atom. The van der Waals surface area contributed by atoms with Gasteiger partial charge in [0, 0.05) is 5.02 Å². The summed E-state index contributed by atoms with van der Waals surface area (Å²) in [6.07, 6.45) is 5.50. The molecule has 1 aliphatic carbocycles. The minimum absolute atomic E-state index is 0.845. The van der Waals surface area contributed by atoms with Crippen molar-refractivity contribution >= 4 is 11.6 Å². The normalized spacial score (nSPS) is 32.4. The summed E-state index contributed by atoms with van der Waals surface area (Å²) >= 11 is 5.93. The molecule has 3 rings (SSSR count). The summed E-state index contributed by atoms with van der Waals surface area (Å²) < 4.78 is 0. The predicted octanol–water partition coefficient (Wildman–Crippen LogP) is 3.52. The lowest BCUT2D eigenvalue weighted by Crippen LogP contribution is -2.28. The van der Waals surface area contributed by atoms with E-state index in [2.05, 4.69) is 17.4 Å². The molecule has 3 atom stereocenters. The molecule has 2 fully saturated rings. The number of hydrogen-bond donors (Lipinski definition) is 1. The maximum Gasteiger partial charge on any atom is 0.0406 e. The minimum Gasteiger partial charge on any atom is -0.316 e. The van der Waals surface area contributed by atoms with Crippen molar-refractivity contribution in [1.29, 1.82) is 0 Å². The topological polar surface area (TPSA) is 12.0 Å². The van der Waals surface area contributed by atoms with Crippen LogP contribution in [0.4, 0.5) is 0 Å². The van der Waals surface area contributed by atoms with Crippen molar-refractivity contribution in [2.45, 2.75) is 25.7 Å². The van der Waals surface area contributed by atoms with Crippen molar-refractivity contribution in [2.24, 2.45) is 17.8 Å². The maximum atomic E-state index is 5.93. The number of benzene rings is 1. The van der Waals surface area contributed by atoms with Crippen molar-refractivity contribution in [2.75, 3.05) is 13.1 Å². The number of nitrogens with one attached hydrogen (secondary N) is 1. The average Bonchev–Trinajstić information content (AvgIpc) is 2.81. The Hall–Kier alpha value is -0.530. The predicted molar refractivity (Wildman–Crippen MR) is 72.3 cm³/mol. The van der Waals surface area contributed by atoms with Gasteiger partial charge >= 0.3 is 0 Å². The van der Waals surface area contributed by atoms with Crippen LogP contribution in [-0.2, 0) is 6.42 Å². The first-order valence-corrected chi connectivity index (χ1v) is 7.16. The van der Waals surface area contributed by atoms with Gasteiger partial charge in [0.1, 0.15) is 0 Å². The number of rotatable bonds is 2. The van der Waals surface area contributed by atoms with Crippen LogP contribution in [0.1, 0.15) is 24.8 Å². The molecule has 92 valence electrons. The van der Waals surface area contributed by atoms with E-state index in [0.29, 0.717) is 0 Å². The molecule has 1 aliphatic heterocycles. The van der Waals surface area contributed by atoms with E-state index in [1.54, 1.807) is 0 Å². The fourth-order valence-electron chi connectivity index (χ4n) is 3.65. The summed E-state index contributed by atoms with van der Waals surface area (Å²) in [5.41, 5.74) is 1.45. The zero-order chi connectivity index (χ0) is 11.7. The molecule has 3 unspecified atom stereocenters. The largest absolute Gasteiger partial charge is 0.316 e. The summed E-state index contributed by atoms with van der Waals surface area (Å²) in [5, 5.41) is 4.41. The highest BCUT2D eigenvalue weighted by atomic mass is 35.5. The third-order valence-electron chi connectivity index (χ3n) is 4.56. The third-order valence-corrected chi connectivity index (χ3v) is 4.81. The van der Waals surface area contributed by atoms with Gasteiger partial charge in [-0.1, -0.05) is 30.2 Å². The van der Waals surface area contributed by atoms with Gasteiger partial charge in [0.15, 0.2) is 0 Å². The average molecular weight is 250 g/mol.